The highest BCUT2D eigenvalue weighted by Gasteiger charge is 2.35. The van der Waals surface area contributed by atoms with Gasteiger partial charge in [-0.3, -0.25) is 4.90 Å². The van der Waals surface area contributed by atoms with Crippen molar-refractivity contribution in [3.63, 3.8) is 0 Å². The van der Waals surface area contributed by atoms with E-state index in [1.807, 2.05) is 20.8 Å². The molecule has 0 bridgehead atoms. The average molecular weight is 241 g/mol. The minimum Gasteiger partial charge on any atom is -0.444 e. The van der Waals surface area contributed by atoms with Gasteiger partial charge in [-0.25, -0.2) is 4.79 Å². The van der Waals surface area contributed by atoms with Crippen LogP contribution >= 0.6 is 0 Å². The van der Waals surface area contributed by atoms with Crippen LogP contribution in [0.15, 0.2) is 0 Å². The third-order valence-corrected chi connectivity index (χ3v) is 3.18. The fraction of sp³-hybridized carbons (Fsp3) is 0.917. The second-order valence-corrected chi connectivity index (χ2v) is 5.94. The SMILES string of the molecule is CC(C)(C)OC(=O)NC1CN([C@@H]2CCNC2)C1. The predicted molar refractivity (Wildman–Crippen MR) is 66.0 cm³/mol. The van der Waals surface area contributed by atoms with Crippen molar-refractivity contribution in [2.75, 3.05) is 26.2 Å². The quantitative estimate of drug-likeness (QED) is 0.741. The molecule has 1 amide bonds. The molecule has 0 saturated carbocycles. The van der Waals surface area contributed by atoms with E-state index in [1.54, 1.807) is 0 Å². The van der Waals surface area contributed by atoms with Crippen LogP contribution in [0.1, 0.15) is 27.2 Å². The summed E-state index contributed by atoms with van der Waals surface area (Å²) >= 11 is 0. The van der Waals surface area contributed by atoms with Crippen LogP contribution in [0.2, 0.25) is 0 Å². The molecule has 2 rings (SSSR count). The monoisotopic (exact) mass is 241 g/mol. The number of ether oxygens (including phenoxy) is 1. The van der Waals surface area contributed by atoms with Crippen LogP contribution in [0.3, 0.4) is 0 Å². The first-order valence-electron chi connectivity index (χ1n) is 6.38. The fourth-order valence-electron chi connectivity index (χ4n) is 2.33. The average Bonchev–Trinajstić information content (AvgIpc) is 2.59. The third-order valence-electron chi connectivity index (χ3n) is 3.18. The largest absolute Gasteiger partial charge is 0.444 e. The van der Waals surface area contributed by atoms with E-state index in [1.165, 1.54) is 6.42 Å². The van der Waals surface area contributed by atoms with Gasteiger partial charge in [-0.15, -0.1) is 0 Å². The molecule has 0 aromatic rings. The molecule has 2 heterocycles. The second kappa shape index (κ2) is 4.82. The highest BCUT2D eigenvalue weighted by Crippen LogP contribution is 2.17. The summed E-state index contributed by atoms with van der Waals surface area (Å²) in [5, 5.41) is 6.26. The maximum Gasteiger partial charge on any atom is 0.407 e. The summed E-state index contributed by atoms with van der Waals surface area (Å²) in [7, 11) is 0. The fourth-order valence-corrected chi connectivity index (χ4v) is 2.33. The third kappa shape index (κ3) is 3.57. The van der Waals surface area contributed by atoms with Gasteiger partial charge in [-0.2, -0.15) is 0 Å². The Morgan fingerprint density at radius 3 is 2.65 bits per heavy atom. The molecule has 2 saturated heterocycles. The zero-order valence-electron chi connectivity index (χ0n) is 11.0. The maximum atomic E-state index is 11.5. The van der Waals surface area contributed by atoms with Crippen LogP contribution in [0.25, 0.3) is 0 Å². The Morgan fingerprint density at radius 2 is 2.12 bits per heavy atom. The summed E-state index contributed by atoms with van der Waals surface area (Å²) in [6.45, 7) is 9.74. The minimum absolute atomic E-state index is 0.255. The van der Waals surface area contributed by atoms with Gasteiger partial charge in [0.15, 0.2) is 0 Å². The first-order valence-corrected chi connectivity index (χ1v) is 6.38. The molecule has 98 valence electrons. The van der Waals surface area contributed by atoms with Gasteiger partial charge in [0.05, 0.1) is 6.04 Å². The molecule has 0 spiro atoms. The topological polar surface area (TPSA) is 53.6 Å². The molecule has 5 heteroatoms. The molecule has 0 unspecified atom stereocenters. The van der Waals surface area contributed by atoms with Crippen molar-refractivity contribution in [2.24, 2.45) is 0 Å². The van der Waals surface area contributed by atoms with Crippen molar-refractivity contribution in [3.05, 3.63) is 0 Å². The first kappa shape index (κ1) is 12.6. The number of likely N-dealkylation sites (tertiary alicyclic amines) is 1. The molecule has 1 atom stereocenters. The number of nitrogens with one attached hydrogen (secondary N) is 2. The molecular weight excluding hydrogens is 218 g/mol. The molecular formula is C12H23N3O2. The predicted octanol–water partition coefficient (Wildman–Crippen LogP) is 0.557. The van der Waals surface area contributed by atoms with E-state index >= 15 is 0 Å². The lowest BCUT2D eigenvalue weighted by Crippen LogP contribution is -2.62. The molecule has 0 aromatic heterocycles. The Balaban J connectivity index is 1.65. The summed E-state index contributed by atoms with van der Waals surface area (Å²) in [4.78, 5) is 13.9. The van der Waals surface area contributed by atoms with E-state index < -0.39 is 5.60 Å². The molecule has 17 heavy (non-hydrogen) atoms. The molecule has 2 aliphatic rings. The van der Waals surface area contributed by atoms with Gasteiger partial charge in [0.2, 0.25) is 0 Å². The van der Waals surface area contributed by atoms with Crippen molar-refractivity contribution >= 4 is 6.09 Å². The summed E-state index contributed by atoms with van der Waals surface area (Å²) in [6.07, 6.45) is 0.922. The summed E-state index contributed by atoms with van der Waals surface area (Å²) in [5.41, 5.74) is -0.414. The normalized spacial score (nSPS) is 26.6. The van der Waals surface area contributed by atoms with Crippen molar-refractivity contribution in [2.45, 2.75) is 44.9 Å². The molecule has 0 aromatic carbocycles. The Bertz CT molecular complexity index is 276. The summed E-state index contributed by atoms with van der Waals surface area (Å²) in [6, 6.07) is 0.914. The van der Waals surface area contributed by atoms with Gasteiger partial charge in [0, 0.05) is 25.7 Å². The lowest BCUT2D eigenvalue weighted by molar-refractivity contribution is 0.0340. The Morgan fingerprint density at radius 1 is 1.41 bits per heavy atom. The Kier molecular flexibility index (Phi) is 3.58. The van der Waals surface area contributed by atoms with Gasteiger partial charge in [0.1, 0.15) is 5.60 Å². The van der Waals surface area contributed by atoms with E-state index in [0.717, 1.165) is 26.2 Å². The standard InChI is InChI=1S/C12H23N3O2/c1-12(2,3)17-11(16)14-9-7-15(8-9)10-4-5-13-6-10/h9-10,13H,4-8H2,1-3H3,(H,14,16)/t10-/m1/s1. The van der Waals surface area contributed by atoms with E-state index in [2.05, 4.69) is 15.5 Å². The van der Waals surface area contributed by atoms with Crippen LogP contribution in [-0.2, 0) is 4.74 Å². The Hall–Kier alpha value is -0.810. The summed E-state index contributed by atoms with van der Waals surface area (Å²) in [5.74, 6) is 0. The molecule has 2 N–H and O–H groups in total. The number of nitrogens with zero attached hydrogens (tertiary/aromatic N) is 1. The number of carbonyl (C=O) groups is 1. The Labute approximate surface area is 103 Å². The zero-order valence-corrected chi connectivity index (χ0v) is 11.0. The number of carbonyl (C=O) groups excluding carboxylic acids is 1. The van der Waals surface area contributed by atoms with Crippen molar-refractivity contribution in [3.8, 4) is 0 Å². The van der Waals surface area contributed by atoms with E-state index in [0.29, 0.717) is 6.04 Å². The summed E-state index contributed by atoms with van der Waals surface area (Å²) < 4.78 is 5.22. The number of hydrogen-bond donors (Lipinski definition) is 2. The van der Waals surface area contributed by atoms with Gasteiger partial charge in [0.25, 0.3) is 0 Å². The molecule has 0 radical (unpaired) electrons. The highest BCUT2D eigenvalue weighted by molar-refractivity contribution is 5.68. The van der Waals surface area contributed by atoms with Gasteiger partial charge >= 0.3 is 6.09 Å². The number of rotatable bonds is 2. The lowest BCUT2D eigenvalue weighted by atomic mass is 10.0. The van der Waals surface area contributed by atoms with Gasteiger partial charge in [-0.1, -0.05) is 0 Å². The van der Waals surface area contributed by atoms with Crippen LogP contribution in [-0.4, -0.2) is 54.9 Å². The van der Waals surface area contributed by atoms with Crippen LogP contribution in [0.5, 0.6) is 0 Å². The van der Waals surface area contributed by atoms with E-state index in [4.69, 9.17) is 4.74 Å². The molecule has 5 nitrogen and oxygen atoms in total. The van der Waals surface area contributed by atoms with Gasteiger partial charge in [-0.05, 0) is 33.7 Å². The lowest BCUT2D eigenvalue weighted by Gasteiger charge is -2.43. The number of amides is 1. The molecule has 2 aliphatic heterocycles. The smallest absolute Gasteiger partial charge is 0.407 e. The van der Waals surface area contributed by atoms with Crippen molar-refractivity contribution in [1.82, 2.24) is 15.5 Å². The van der Waals surface area contributed by atoms with Crippen molar-refractivity contribution in [1.29, 1.82) is 0 Å². The second-order valence-electron chi connectivity index (χ2n) is 5.94. The molecule has 2 fully saturated rings. The number of alkyl carbamates (subject to hydrolysis) is 1. The highest BCUT2D eigenvalue weighted by atomic mass is 16.6. The van der Waals surface area contributed by atoms with Crippen LogP contribution < -0.4 is 10.6 Å². The van der Waals surface area contributed by atoms with E-state index in [9.17, 15) is 4.79 Å². The van der Waals surface area contributed by atoms with Crippen molar-refractivity contribution < 1.29 is 9.53 Å². The van der Waals surface area contributed by atoms with E-state index in [-0.39, 0.29) is 12.1 Å². The number of hydrogen-bond acceptors (Lipinski definition) is 4. The maximum absolute atomic E-state index is 11.5. The zero-order chi connectivity index (χ0) is 12.5. The van der Waals surface area contributed by atoms with Crippen LogP contribution in [0, 0.1) is 0 Å². The van der Waals surface area contributed by atoms with Gasteiger partial charge < -0.3 is 15.4 Å². The van der Waals surface area contributed by atoms with Crippen LogP contribution in [0.4, 0.5) is 4.79 Å². The molecule has 0 aliphatic carbocycles. The first-order chi connectivity index (χ1) is 7.94. The minimum atomic E-state index is -0.414.